The van der Waals surface area contributed by atoms with Gasteiger partial charge in [-0.3, -0.25) is 14.4 Å². The Labute approximate surface area is 140 Å². The minimum Gasteiger partial charge on any atom is -0.325 e. The molecule has 1 heterocycles. The number of hydrogen-bond donors (Lipinski definition) is 2. The van der Waals surface area contributed by atoms with Crippen molar-refractivity contribution in [3.8, 4) is 0 Å². The number of aryl methyl sites for hydroxylation is 2. The first kappa shape index (κ1) is 16.2. The summed E-state index contributed by atoms with van der Waals surface area (Å²) >= 11 is 0. The summed E-state index contributed by atoms with van der Waals surface area (Å²) in [6.45, 7) is 5.91. The number of Topliss-reactive ketones (excluding diaryl/α,β-unsaturated/α-hetero) is 1. The highest BCUT2D eigenvalue weighted by atomic mass is 16.2. The average Bonchev–Trinajstić information content (AvgIpc) is 2.50. The minimum absolute atomic E-state index is 0.0276. The lowest BCUT2D eigenvalue weighted by Crippen LogP contribution is -2.29. The number of aromatic nitrogens is 1. The van der Waals surface area contributed by atoms with Crippen molar-refractivity contribution >= 4 is 17.4 Å². The van der Waals surface area contributed by atoms with E-state index in [1.54, 1.807) is 6.07 Å². The van der Waals surface area contributed by atoms with Gasteiger partial charge >= 0.3 is 0 Å². The average molecular weight is 324 g/mol. The van der Waals surface area contributed by atoms with Gasteiger partial charge in [0.05, 0.1) is 0 Å². The molecule has 5 nitrogen and oxygen atoms in total. The standard InChI is InChI=1S/C19H20N2O3/c1-10-6-16-14(17(22)7-10)9-15(19(24)21-16)18(23)20-13-5-4-11(2)12(3)8-13/h4-5,8-10H,6-7H2,1-3H3,(H,20,23)(H,21,24). The quantitative estimate of drug-likeness (QED) is 0.891. The SMILES string of the molecule is Cc1ccc(NC(=O)c2cc3c([nH]c2=O)CC(C)CC3=O)cc1C. The van der Waals surface area contributed by atoms with Crippen molar-refractivity contribution in [1.82, 2.24) is 4.98 Å². The Balaban J connectivity index is 1.93. The predicted octanol–water partition coefficient (Wildman–Crippen LogP) is 3.01. The summed E-state index contributed by atoms with van der Waals surface area (Å²) in [7, 11) is 0. The van der Waals surface area contributed by atoms with Gasteiger partial charge in [0, 0.05) is 23.4 Å². The van der Waals surface area contributed by atoms with E-state index in [2.05, 4.69) is 10.3 Å². The second-order valence-electron chi connectivity index (χ2n) is 6.59. The maximum absolute atomic E-state index is 12.4. The third kappa shape index (κ3) is 3.02. The topological polar surface area (TPSA) is 79.0 Å². The van der Waals surface area contributed by atoms with Crippen LogP contribution in [0.4, 0.5) is 5.69 Å². The van der Waals surface area contributed by atoms with E-state index in [0.717, 1.165) is 11.1 Å². The number of fused-ring (bicyclic) bond motifs is 1. The maximum atomic E-state index is 12.4. The van der Waals surface area contributed by atoms with Gasteiger partial charge in [-0.15, -0.1) is 0 Å². The third-order valence-corrected chi connectivity index (χ3v) is 4.52. The molecule has 3 rings (SSSR count). The molecule has 2 N–H and O–H groups in total. The molecular weight excluding hydrogens is 304 g/mol. The molecule has 24 heavy (non-hydrogen) atoms. The molecule has 0 saturated carbocycles. The normalized spacial score (nSPS) is 16.6. The number of amides is 1. The number of rotatable bonds is 2. The number of H-pyrrole nitrogens is 1. The van der Waals surface area contributed by atoms with Crippen LogP contribution in [0.2, 0.25) is 0 Å². The lowest BCUT2D eigenvalue weighted by molar-refractivity contribution is 0.0952. The van der Waals surface area contributed by atoms with Crippen LogP contribution in [0, 0.1) is 19.8 Å². The van der Waals surface area contributed by atoms with E-state index in [4.69, 9.17) is 0 Å². The molecule has 2 aromatic rings. The number of aromatic amines is 1. The predicted molar refractivity (Wildman–Crippen MR) is 92.7 cm³/mol. The van der Waals surface area contributed by atoms with Gasteiger partial charge in [0.2, 0.25) is 0 Å². The zero-order chi connectivity index (χ0) is 17.4. The number of ketones is 1. The van der Waals surface area contributed by atoms with E-state index in [1.165, 1.54) is 6.07 Å². The largest absolute Gasteiger partial charge is 0.325 e. The highest BCUT2D eigenvalue weighted by Gasteiger charge is 2.25. The van der Waals surface area contributed by atoms with Crippen LogP contribution in [-0.2, 0) is 6.42 Å². The van der Waals surface area contributed by atoms with Crippen LogP contribution in [0.1, 0.15) is 50.9 Å². The fourth-order valence-corrected chi connectivity index (χ4v) is 3.01. The molecule has 1 aromatic heterocycles. The lowest BCUT2D eigenvalue weighted by Gasteiger charge is -2.20. The number of benzene rings is 1. The molecule has 1 aliphatic carbocycles. The summed E-state index contributed by atoms with van der Waals surface area (Å²) < 4.78 is 0. The molecule has 1 aromatic carbocycles. The van der Waals surface area contributed by atoms with Crippen molar-refractivity contribution in [3.63, 3.8) is 0 Å². The smallest absolute Gasteiger partial charge is 0.261 e. The Morgan fingerprint density at radius 3 is 2.58 bits per heavy atom. The van der Waals surface area contributed by atoms with Crippen molar-refractivity contribution in [1.29, 1.82) is 0 Å². The highest BCUT2D eigenvalue weighted by molar-refractivity contribution is 6.06. The van der Waals surface area contributed by atoms with Crippen molar-refractivity contribution < 1.29 is 9.59 Å². The van der Waals surface area contributed by atoms with Crippen LogP contribution in [0.25, 0.3) is 0 Å². The summed E-state index contributed by atoms with van der Waals surface area (Å²) in [6, 6.07) is 6.98. The lowest BCUT2D eigenvalue weighted by atomic mass is 9.86. The van der Waals surface area contributed by atoms with E-state index >= 15 is 0 Å². The Kier molecular flexibility index (Phi) is 4.09. The first-order valence-electron chi connectivity index (χ1n) is 8.03. The number of pyridine rings is 1. The first-order chi connectivity index (χ1) is 11.3. The molecule has 0 aliphatic heterocycles. The Morgan fingerprint density at radius 2 is 1.88 bits per heavy atom. The van der Waals surface area contributed by atoms with Crippen molar-refractivity contribution in [2.75, 3.05) is 5.32 Å². The molecule has 1 aliphatic rings. The van der Waals surface area contributed by atoms with E-state index in [1.807, 2.05) is 32.9 Å². The number of hydrogen-bond acceptors (Lipinski definition) is 3. The van der Waals surface area contributed by atoms with Gasteiger partial charge < -0.3 is 10.3 Å². The van der Waals surface area contributed by atoms with Gasteiger partial charge in [0.1, 0.15) is 5.56 Å². The molecule has 5 heteroatoms. The molecule has 0 fully saturated rings. The van der Waals surface area contributed by atoms with Gasteiger partial charge in [0.15, 0.2) is 5.78 Å². The van der Waals surface area contributed by atoms with Crippen molar-refractivity contribution in [2.45, 2.75) is 33.6 Å². The van der Waals surface area contributed by atoms with Crippen LogP contribution < -0.4 is 10.9 Å². The Morgan fingerprint density at radius 1 is 1.12 bits per heavy atom. The number of nitrogens with one attached hydrogen (secondary N) is 2. The summed E-state index contributed by atoms with van der Waals surface area (Å²) in [5.74, 6) is -0.329. The van der Waals surface area contributed by atoms with Crippen LogP contribution in [0.15, 0.2) is 29.1 Å². The second kappa shape index (κ2) is 6.07. The summed E-state index contributed by atoms with van der Waals surface area (Å²) in [4.78, 5) is 39.6. The van der Waals surface area contributed by atoms with E-state index in [0.29, 0.717) is 29.8 Å². The molecule has 0 radical (unpaired) electrons. The maximum Gasteiger partial charge on any atom is 0.261 e. The molecule has 1 unspecified atom stereocenters. The van der Waals surface area contributed by atoms with Crippen molar-refractivity contribution in [2.24, 2.45) is 5.92 Å². The monoisotopic (exact) mass is 324 g/mol. The Bertz CT molecular complexity index is 896. The first-order valence-corrected chi connectivity index (χ1v) is 8.03. The number of anilines is 1. The van der Waals surface area contributed by atoms with Gasteiger partial charge in [-0.1, -0.05) is 13.0 Å². The minimum atomic E-state index is -0.506. The molecule has 0 spiro atoms. The van der Waals surface area contributed by atoms with Crippen LogP contribution in [-0.4, -0.2) is 16.7 Å². The van der Waals surface area contributed by atoms with Crippen LogP contribution in [0.5, 0.6) is 0 Å². The zero-order valence-electron chi connectivity index (χ0n) is 14.0. The second-order valence-corrected chi connectivity index (χ2v) is 6.59. The molecule has 0 saturated heterocycles. The summed E-state index contributed by atoms with van der Waals surface area (Å²) in [5.41, 5.74) is 3.40. The van der Waals surface area contributed by atoms with Gasteiger partial charge in [-0.2, -0.15) is 0 Å². The number of carbonyl (C=O) groups is 2. The zero-order valence-corrected chi connectivity index (χ0v) is 14.0. The highest BCUT2D eigenvalue weighted by Crippen LogP contribution is 2.23. The van der Waals surface area contributed by atoms with E-state index in [-0.39, 0.29) is 17.3 Å². The van der Waals surface area contributed by atoms with Gasteiger partial charge in [0.25, 0.3) is 11.5 Å². The fourth-order valence-electron chi connectivity index (χ4n) is 3.01. The summed E-state index contributed by atoms with van der Waals surface area (Å²) in [6.07, 6.45) is 1.09. The molecule has 124 valence electrons. The molecule has 0 bridgehead atoms. The fraction of sp³-hybridized carbons (Fsp3) is 0.316. The van der Waals surface area contributed by atoms with Crippen molar-refractivity contribution in [3.05, 3.63) is 62.6 Å². The van der Waals surface area contributed by atoms with Gasteiger partial charge in [-0.25, -0.2) is 0 Å². The van der Waals surface area contributed by atoms with Crippen LogP contribution in [0.3, 0.4) is 0 Å². The Hall–Kier alpha value is -2.69. The molecule has 1 amide bonds. The summed E-state index contributed by atoms with van der Waals surface area (Å²) in [5, 5.41) is 2.73. The van der Waals surface area contributed by atoms with Gasteiger partial charge in [-0.05, 0) is 55.5 Å². The molecule has 1 atom stereocenters. The number of carbonyl (C=O) groups excluding carboxylic acids is 2. The third-order valence-electron chi connectivity index (χ3n) is 4.52. The van der Waals surface area contributed by atoms with E-state index in [9.17, 15) is 14.4 Å². The van der Waals surface area contributed by atoms with Crippen LogP contribution >= 0.6 is 0 Å². The molecular formula is C19H20N2O3. The van der Waals surface area contributed by atoms with E-state index < -0.39 is 11.5 Å².